The van der Waals surface area contributed by atoms with Crippen LogP contribution in [0.25, 0.3) is 11.0 Å². The van der Waals surface area contributed by atoms with Crippen LogP contribution in [0.4, 0.5) is 37.1 Å². The number of amides is 3. The van der Waals surface area contributed by atoms with Crippen molar-refractivity contribution in [3.05, 3.63) is 42.3 Å². The summed E-state index contributed by atoms with van der Waals surface area (Å²) in [5, 5.41) is 9.03. The number of urea groups is 1. The molecule has 3 heterocycles. The molecule has 2 unspecified atom stereocenters. The van der Waals surface area contributed by atoms with Gasteiger partial charge in [0.25, 0.3) is 0 Å². The fourth-order valence-corrected chi connectivity index (χ4v) is 5.75. The minimum atomic E-state index is -0.651. The first-order valence-corrected chi connectivity index (χ1v) is 15.0. The Morgan fingerprint density at radius 2 is 1.67 bits per heavy atom. The average molecular weight is 593 g/mol. The first-order valence-electron chi connectivity index (χ1n) is 15.0. The van der Waals surface area contributed by atoms with Crippen molar-refractivity contribution in [1.82, 2.24) is 25.2 Å². The maximum Gasteiger partial charge on any atom is 0.410 e. The summed E-state index contributed by atoms with van der Waals surface area (Å²) < 4.78 is 20.3. The van der Waals surface area contributed by atoms with E-state index in [0.29, 0.717) is 24.4 Å². The number of hydrogen-bond donors (Lipinski definition) is 3. The molecule has 1 aromatic carbocycles. The summed E-state index contributed by atoms with van der Waals surface area (Å²) in [6.07, 6.45) is 6.38. The summed E-state index contributed by atoms with van der Waals surface area (Å²) in [4.78, 5) is 42.3. The summed E-state index contributed by atoms with van der Waals surface area (Å²) in [6, 6.07) is 8.73. The van der Waals surface area contributed by atoms with Gasteiger partial charge in [-0.1, -0.05) is 19.3 Å². The second-order valence-corrected chi connectivity index (χ2v) is 12.5. The van der Waals surface area contributed by atoms with Crippen molar-refractivity contribution in [3.8, 4) is 0 Å². The van der Waals surface area contributed by atoms with Crippen LogP contribution in [-0.4, -0.2) is 68.8 Å². The summed E-state index contributed by atoms with van der Waals surface area (Å²) in [5.41, 5.74) is 1.52. The highest BCUT2D eigenvalue weighted by molar-refractivity contribution is 5.90. The van der Waals surface area contributed by atoms with Crippen molar-refractivity contribution >= 4 is 46.3 Å². The lowest BCUT2D eigenvalue weighted by molar-refractivity contribution is 0.00565. The molecule has 230 valence electrons. The number of nitrogens with one attached hydrogen (secondary N) is 3. The van der Waals surface area contributed by atoms with E-state index in [1.54, 1.807) is 0 Å². The van der Waals surface area contributed by atoms with Gasteiger partial charge in [0.1, 0.15) is 5.60 Å². The third kappa shape index (κ3) is 7.60. The summed E-state index contributed by atoms with van der Waals surface area (Å²) in [7, 11) is 0. The highest BCUT2D eigenvalue weighted by Crippen LogP contribution is 2.27. The van der Waals surface area contributed by atoms with E-state index in [4.69, 9.17) is 4.74 Å². The minimum absolute atomic E-state index is 0.0162. The highest BCUT2D eigenvalue weighted by Gasteiger charge is 2.35. The van der Waals surface area contributed by atoms with Gasteiger partial charge in [0.15, 0.2) is 17.3 Å². The van der Waals surface area contributed by atoms with Gasteiger partial charge in [-0.2, -0.15) is 4.98 Å². The number of carbonyl (C=O) groups excluding carboxylic acids is 2. The number of pyridine rings is 1. The Morgan fingerprint density at radius 1 is 1.00 bits per heavy atom. The number of hydrogen-bond acceptors (Lipinski definition) is 8. The van der Waals surface area contributed by atoms with Gasteiger partial charge < -0.3 is 20.3 Å². The quantitative estimate of drug-likeness (QED) is 0.320. The number of benzene rings is 1. The molecule has 43 heavy (non-hydrogen) atoms. The lowest BCUT2D eigenvalue weighted by Gasteiger charge is -2.45. The monoisotopic (exact) mass is 592 g/mol. The Labute approximate surface area is 251 Å². The van der Waals surface area contributed by atoms with Crippen molar-refractivity contribution in [1.29, 1.82) is 0 Å². The van der Waals surface area contributed by atoms with Gasteiger partial charge in [-0.3, -0.25) is 10.2 Å². The van der Waals surface area contributed by atoms with E-state index >= 15 is 0 Å². The Morgan fingerprint density at radius 3 is 2.33 bits per heavy atom. The zero-order valence-electron chi connectivity index (χ0n) is 25.5. The number of piperazine rings is 1. The van der Waals surface area contributed by atoms with E-state index in [1.807, 2.05) is 63.8 Å². The third-order valence-electron chi connectivity index (χ3n) is 7.71. The van der Waals surface area contributed by atoms with Crippen molar-refractivity contribution in [2.75, 3.05) is 28.6 Å². The van der Waals surface area contributed by atoms with Crippen LogP contribution < -0.4 is 20.9 Å². The number of ether oxygens (including phenoxy) is 1. The van der Waals surface area contributed by atoms with E-state index in [2.05, 4.69) is 35.8 Å². The van der Waals surface area contributed by atoms with E-state index in [0.717, 1.165) is 37.1 Å². The van der Waals surface area contributed by atoms with Gasteiger partial charge in [-0.05, 0) is 77.8 Å². The Balaban J connectivity index is 1.22. The van der Waals surface area contributed by atoms with Crippen LogP contribution in [-0.2, 0) is 4.74 Å². The van der Waals surface area contributed by atoms with Crippen molar-refractivity contribution in [2.24, 2.45) is 0 Å². The van der Waals surface area contributed by atoms with Crippen LogP contribution in [0.3, 0.4) is 0 Å². The highest BCUT2D eigenvalue weighted by atomic mass is 19.1. The molecule has 11 nitrogen and oxygen atoms in total. The van der Waals surface area contributed by atoms with Gasteiger partial charge in [-0.15, -0.1) is 0 Å². The molecule has 1 aliphatic heterocycles. The van der Waals surface area contributed by atoms with Crippen LogP contribution in [0, 0.1) is 5.82 Å². The largest absolute Gasteiger partial charge is 0.444 e. The fraction of sp³-hybridized carbons (Fsp3) is 0.516. The molecule has 2 fully saturated rings. The predicted molar refractivity (Wildman–Crippen MR) is 165 cm³/mol. The molecule has 0 spiro atoms. The number of aromatic nitrogens is 3. The molecule has 0 bridgehead atoms. The van der Waals surface area contributed by atoms with Crippen LogP contribution >= 0.6 is 0 Å². The van der Waals surface area contributed by atoms with E-state index < -0.39 is 17.4 Å². The molecule has 1 saturated heterocycles. The molecule has 2 atom stereocenters. The standard InChI is InChI=1S/C31H41FN8O3/c1-19-17-39(18-20(2)40(19)30(42)43-31(3,4)5)24-13-11-23(12-14-24)34-28-33-16-21-15-25(32)27(36-26(21)37-28)38-29(41)35-22-9-7-6-8-10-22/h11-16,19-20,22H,6-10,17-18H2,1-5H3,(H3,33,34,35,36,37,38,41). The molecule has 5 rings (SSSR count). The fourth-order valence-electron chi connectivity index (χ4n) is 5.75. The topological polar surface area (TPSA) is 125 Å². The molecule has 3 amide bonds. The van der Waals surface area contributed by atoms with E-state index in [-0.39, 0.29) is 35.7 Å². The molecule has 1 saturated carbocycles. The summed E-state index contributed by atoms with van der Waals surface area (Å²) in [6.45, 7) is 11.0. The number of halogens is 1. The number of fused-ring (bicyclic) bond motifs is 1. The van der Waals surface area contributed by atoms with Gasteiger partial charge in [0.2, 0.25) is 5.95 Å². The van der Waals surface area contributed by atoms with Crippen molar-refractivity contribution in [3.63, 3.8) is 0 Å². The average Bonchev–Trinajstić information content (AvgIpc) is 2.93. The van der Waals surface area contributed by atoms with Gasteiger partial charge in [0, 0.05) is 42.1 Å². The number of carbonyl (C=O) groups is 2. The first-order chi connectivity index (χ1) is 20.4. The maximum absolute atomic E-state index is 14.7. The molecule has 12 heteroatoms. The predicted octanol–water partition coefficient (Wildman–Crippen LogP) is 6.20. The molecule has 3 N–H and O–H groups in total. The molecule has 1 aliphatic carbocycles. The maximum atomic E-state index is 14.7. The van der Waals surface area contributed by atoms with E-state index in [1.165, 1.54) is 18.7 Å². The van der Waals surface area contributed by atoms with Crippen molar-refractivity contribution < 1.29 is 18.7 Å². The van der Waals surface area contributed by atoms with Gasteiger partial charge >= 0.3 is 12.1 Å². The normalized spacial score (nSPS) is 19.7. The SMILES string of the molecule is CC1CN(c2ccc(Nc3ncc4cc(F)c(NC(=O)NC5CCCCC5)nc4n3)cc2)CC(C)N1C(=O)OC(C)(C)C. The Kier molecular flexibility index (Phi) is 8.84. The van der Waals surface area contributed by atoms with E-state index in [9.17, 15) is 14.0 Å². The smallest absolute Gasteiger partial charge is 0.410 e. The minimum Gasteiger partial charge on any atom is -0.444 e. The van der Waals surface area contributed by atoms with Gasteiger partial charge in [0.05, 0.1) is 12.1 Å². The molecular formula is C31H41FN8O3. The van der Waals surface area contributed by atoms with Gasteiger partial charge in [-0.25, -0.2) is 23.9 Å². The lowest BCUT2D eigenvalue weighted by Crippen LogP contribution is -2.59. The second-order valence-electron chi connectivity index (χ2n) is 12.5. The molecule has 2 aromatic heterocycles. The van der Waals surface area contributed by atoms with Crippen LogP contribution in [0.5, 0.6) is 0 Å². The summed E-state index contributed by atoms with van der Waals surface area (Å²) in [5.74, 6) is -0.531. The molecule has 0 radical (unpaired) electrons. The number of anilines is 4. The van der Waals surface area contributed by atoms with Crippen LogP contribution in [0.2, 0.25) is 0 Å². The molecular weight excluding hydrogens is 551 g/mol. The Bertz CT molecular complexity index is 1440. The molecule has 2 aliphatic rings. The van der Waals surface area contributed by atoms with Crippen LogP contribution in [0.15, 0.2) is 36.5 Å². The zero-order chi connectivity index (χ0) is 30.7. The Hall–Kier alpha value is -4.22. The third-order valence-corrected chi connectivity index (χ3v) is 7.71. The number of nitrogens with zero attached hydrogens (tertiary/aromatic N) is 5. The number of rotatable bonds is 5. The molecule has 3 aromatic rings. The van der Waals surface area contributed by atoms with Crippen LogP contribution in [0.1, 0.15) is 66.7 Å². The first kappa shape index (κ1) is 30.2. The van der Waals surface area contributed by atoms with Crippen molar-refractivity contribution in [2.45, 2.75) is 90.4 Å². The lowest BCUT2D eigenvalue weighted by atomic mass is 9.96. The second kappa shape index (κ2) is 12.6. The summed E-state index contributed by atoms with van der Waals surface area (Å²) >= 11 is 0. The zero-order valence-corrected chi connectivity index (χ0v) is 25.5.